The number of aliphatic hydroxyl groups is 1. The van der Waals surface area contributed by atoms with Gasteiger partial charge >= 0.3 is 0 Å². The summed E-state index contributed by atoms with van der Waals surface area (Å²) in [6.07, 6.45) is 7.23. The lowest BCUT2D eigenvalue weighted by atomic mass is 9.78. The number of aliphatic hydroxyl groups excluding tert-OH is 1. The van der Waals surface area contributed by atoms with E-state index in [-0.39, 0.29) is 29.3 Å². The van der Waals surface area contributed by atoms with Gasteiger partial charge in [0.2, 0.25) is 5.91 Å². The average Bonchev–Trinajstić information content (AvgIpc) is 3.34. The monoisotopic (exact) mass is 329 g/mol. The van der Waals surface area contributed by atoms with Gasteiger partial charge in [-0.3, -0.25) is 4.79 Å². The Balaban J connectivity index is 1.67. The van der Waals surface area contributed by atoms with Gasteiger partial charge in [-0.25, -0.2) is 0 Å². The van der Waals surface area contributed by atoms with Crippen LogP contribution < -0.4 is 5.32 Å². The Morgan fingerprint density at radius 2 is 2.08 bits per heavy atom. The highest BCUT2D eigenvalue weighted by molar-refractivity contribution is 5.84. The first-order chi connectivity index (χ1) is 11.6. The molecule has 0 aliphatic heterocycles. The third kappa shape index (κ3) is 2.99. The molecule has 0 aromatic heterocycles. The molecule has 2 atom stereocenters. The van der Waals surface area contributed by atoms with E-state index in [0.29, 0.717) is 6.54 Å². The fourth-order valence-electron chi connectivity index (χ4n) is 4.75. The summed E-state index contributed by atoms with van der Waals surface area (Å²) in [5.74, 6) is 0.357. The minimum absolute atomic E-state index is 0.0386. The summed E-state index contributed by atoms with van der Waals surface area (Å²) in [6, 6.07) is 8.68. The van der Waals surface area contributed by atoms with Crippen LogP contribution >= 0.6 is 0 Å². The van der Waals surface area contributed by atoms with Crippen molar-refractivity contribution in [2.45, 2.75) is 64.2 Å². The number of carbonyl (C=O) groups excluding carboxylic acids is 1. The van der Waals surface area contributed by atoms with Gasteiger partial charge in [0, 0.05) is 24.5 Å². The third-order valence-corrected chi connectivity index (χ3v) is 6.79. The fourth-order valence-corrected chi connectivity index (χ4v) is 4.75. The van der Waals surface area contributed by atoms with E-state index in [1.165, 1.54) is 17.5 Å². The topological polar surface area (TPSA) is 49.3 Å². The Hall–Kier alpha value is -1.35. The third-order valence-electron chi connectivity index (χ3n) is 6.79. The summed E-state index contributed by atoms with van der Waals surface area (Å²) in [6.45, 7) is 5.19. The van der Waals surface area contributed by atoms with Crippen molar-refractivity contribution in [2.75, 3.05) is 13.2 Å². The van der Waals surface area contributed by atoms with Gasteiger partial charge in [0.15, 0.2) is 0 Å². The largest absolute Gasteiger partial charge is 0.396 e. The molecule has 3 nitrogen and oxygen atoms in total. The van der Waals surface area contributed by atoms with Crippen LogP contribution in [0.3, 0.4) is 0 Å². The minimum Gasteiger partial charge on any atom is -0.396 e. The van der Waals surface area contributed by atoms with Crippen LogP contribution in [0.15, 0.2) is 24.3 Å². The summed E-state index contributed by atoms with van der Waals surface area (Å²) >= 11 is 0. The molecule has 1 aromatic carbocycles. The Kier molecular flexibility index (Phi) is 5.00. The van der Waals surface area contributed by atoms with Crippen molar-refractivity contribution in [1.82, 2.24) is 5.32 Å². The molecule has 1 aromatic rings. The summed E-state index contributed by atoms with van der Waals surface area (Å²) in [5.41, 5.74) is 3.01. The lowest BCUT2D eigenvalue weighted by Gasteiger charge is -2.32. The molecular weight excluding hydrogens is 298 g/mol. The van der Waals surface area contributed by atoms with Gasteiger partial charge in [-0.15, -0.1) is 0 Å². The van der Waals surface area contributed by atoms with Crippen LogP contribution in [-0.4, -0.2) is 24.2 Å². The maximum absolute atomic E-state index is 12.8. The molecule has 1 spiro atoms. The molecule has 3 rings (SSSR count). The van der Waals surface area contributed by atoms with E-state index in [1.807, 2.05) is 0 Å². The summed E-state index contributed by atoms with van der Waals surface area (Å²) in [4.78, 5) is 12.8. The van der Waals surface area contributed by atoms with Crippen LogP contribution in [-0.2, 0) is 16.6 Å². The molecule has 0 heterocycles. The van der Waals surface area contributed by atoms with E-state index in [1.54, 1.807) is 0 Å². The number of amides is 1. The van der Waals surface area contributed by atoms with Gasteiger partial charge in [0.25, 0.3) is 0 Å². The number of nitrogens with one attached hydrogen (secondary N) is 1. The Bertz CT molecular complexity index is 593. The fraction of sp³-hybridized carbons (Fsp3) is 0.667. The summed E-state index contributed by atoms with van der Waals surface area (Å²) < 4.78 is 0. The van der Waals surface area contributed by atoms with Crippen LogP contribution in [0, 0.1) is 11.3 Å². The standard InChI is InChI=1S/C21H31NO2/c1-3-20(4-2,12-13-23)15-22-19(24)18-14-21(18)11-7-9-16-8-5-6-10-17(16)21/h5-6,8,10,18,23H,3-4,7,9,11-15H2,1-2H3,(H,22,24). The normalized spacial score (nSPS) is 25.4. The number of fused-ring (bicyclic) bond motifs is 2. The number of hydrogen-bond acceptors (Lipinski definition) is 2. The van der Waals surface area contributed by atoms with E-state index in [0.717, 1.165) is 38.5 Å². The highest BCUT2D eigenvalue weighted by Gasteiger charge is 2.60. The first-order valence-electron chi connectivity index (χ1n) is 9.58. The molecule has 2 aliphatic carbocycles. The van der Waals surface area contributed by atoms with E-state index < -0.39 is 0 Å². The SMILES string of the molecule is CCC(CC)(CCO)CNC(=O)C1CC12CCCc1ccccc12. The smallest absolute Gasteiger partial charge is 0.224 e. The zero-order valence-electron chi connectivity index (χ0n) is 15.1. The van der Waals surface area contributed by atoms with Gasteiger partial charge in [0.05, 0.1) is 0 Å². The maximum atomic E-state index is 12.8. The van der Waals surface area contributed by atoms with Crippen molar-refractivity contribution in [1.29, 1.82) is 0 Å². The number of aryl methyl sites for hydroxylation is 1. The Morgan fingerprint density at radius 3 is 2.79 bits per heavy atom. The minimum atomic E-state index is 0.0386. The first kappa shape index (κ1) is 17.5. The molecule has 2 unspecified atom stereocenters. The van der Waals surface area contributed by atoms with Crippen molar-refractivity contribution in [3.8, 4) is 0 Å². The van der Waals surface area contributed by atoms with E-state index in [2.05, 4.69) is 43.4 Å². The maximum Gasteiger partial charge on any atom is 0.224 e. The molecule has 132 valence electrons. The van der Waals surface area contributed by atoms with Crippen molar-refractivity contribution in [2.24, 2.45) is 11.3 Å². The highest BCUT2D eigenvalue weighted by atomic mass is 16.3. The van der Waals surface area contributed by atoms with Gasteiger partial charge < -0.3 is 10.4 Å². The van der Waals surface area contributed by atoms with Crippen LogP contribution in [0.5, 0.6) is 0 Å². The average molecular weight is 329 g/mol. The predicted octanol–water partition coefficient (Wildman–Crippen LogP) is 3.59. The molecule has 1 fully saturated rings. The lowest BCUT2D eigenvalue weighted by molar-refractivity contribution is -0.123. The molecule has 0 radical (unpaired) electrons. The molecule has 0 bridgehead atoms. The second-order valence-electron chi connectivity index (χ2n) is 7.82. The molecule has 2 N–H and O–H groups in total. The van der Waals surface area contributed by atoms with Gasteiger partial charge in [-0.2, -0.15) is 0 Å². The van der Waals surface area contributed by atoms with Gasteiger partial charge in [-0.1, -0.05) is 38.1 Å². The summed E-state index contributed by atoms with van der Waals surface area (Å²) in [5, 5.41) is 12.6. The van der Waals surface area contributed by atoms with Crippen molar-refractivity contribution < 1.29 is 9.90 Å². The number of carbonyl (C=O) groups is 1. The second-order valence-corrected chi connectivity index (χ2v) is 7.82. The van der Waals surface area contributed by atoms with E-state index in [4.69, 9.17) is 0 Å². The first-order valence-corrected chi connectivity index (χ1v) is 9.58. The van der Waals surface area contributed by atoms with Crippen molar-refractivity contribution >= 4 is 5.91 Å². The van der Waals surface area contributed by atoms with Crippen molar-refractivity contribution in [3.63, 3.8) is 0 Å². The van der Waals surface area contributed by atoms with Crippen LogP contribution in [0.4, 0.5) is 0 Å². The van der Waals surface area contributed by atoms with Gasteiger partial charge in [0.1, 0.15) is 0 Å². The van der Waals surface area contributed by atoms with E-state index in [9.17, 15) is 9.90 Å². The molecule has 1 amide bonds. The van der Waals surface area contributed by atoms with Crippen LogP contribution in [0.2, 0.25) is 0 Å². The highest BCUT2D eigenvalue weighted by Crippen LogP contribution is 2.60. The number of rotatable bonds is 7. The Labute approximate surface area is 145 Å². The van der Waals surface area contributed by atoms with E-state index >= 15 is 0 Å². The zero-order chi connectivity index (χ0) is 17.2. The molecule has 3 heteroatoms. The zero-order valence-corrected chi connectivity index (χ0v) is 15.1. The predicted molar refractivity (Wildman–Crippen MR) is 96.9 cm³/mol. The molecule has 0 saturated heterocycles. The van der Waals surface area contributed by atoms with Crippen LogP contribution in [0.1, 0.15) is 63.5 Å². The number of hydrogen-bond donors (Lipinski definition) is 2. The number of benzene rings is 1. The second kappa shape index (κ2) is 6.87. The molecule has 24 heavy (non-hydrogen) atoms. The van der Waals surface area contributed by atoms with Crippen LogP contribution in [0.25, 0.3) is 0 Å². The lowest BCUT2D eigenvalue weighted by Crippen LogP contribution is -2.39. The van der Waals surface area contributed by atoms with Gasteiger partial charge in [-0.05, 0) is 61.5 Å². The molecular formula is C21H31NO2. The molecule has 1 saturated carbocycles. The molecule has 2 aliphatic rings. The van der Waals surface area contributed by atoms with Crippen molar-refractivity contribution in [3.05, 3.63) is 35.4 Å². The quantitative estimate of drug-likeness (QED) is 0.803. The summed E-state index contributed by atoms with van der Waals surface area (Å²) in [7, 11) is 0. The Morgan fingerprint density at radius 1 is 1.33 bits per heavy atom.